The molecule has 1 atom stereocenters. The molecule has 1 unspecified atom stereocenters. The van der Waals surface area contributed by atoms with Crippen LogP contribution in [0.2, 0.25) is 0 Å². The fourth-order valence-corrected chi connectivity index (χ4v) is 4.06. The van der Waals surface area contributed by atoms with Gasteiger partial charge in [0.1, 0.15) is 5.75 Å². The van der Waals surface area contributed by atoms with Crippen molar-refractivity contribution in [3.63, 3.8) is 0 Å². The van der Waals surface area contributed by atoms with Gasteiger partial charge in [-0.25, -0.2) is 0 Å². The highest BCUT2D eigenvalue weighted by atomic mass is 16.5. The first-order valence-corrected chi connectivity index (χ1v) is 10.2. The van der Waals surface area contributed by atoms with Crippen LogP contribution < -0.4 is 19.9 Å². The summed E-state index contributed by atoms with van der Waals surface area (Å²) < 4.78 is 5.12. The van der Waals surface area contributed by atoms with Gasteiger partial charge in [0.25, 0.3) is 0 Å². The zero-order chi connectivity index (χ0) is 21.3. The lowest BCUT2D eigenvalue weighted by Crippen LogP contribution is -2.28. The fraction of sp³-hybridized carbons (Fsp3) is 0.348. The summed E-state index contributed by atoms with van der Waals surface area (Å²) in [6.07, 6.45) is 1.43. The Labute approximate surface area is 175 Å². The van der Waals surface area contributed by atoms with E-state index in [2.05, 4.69) is 5.32 Å². The van der Waals surface area contributed by atoms with Crippen molar-refractivity contribution in [2.45, 2.75) is 26.2 Å². The molecule has 0 radical (unpaired) electrons. The van der Waals surface area contributed by atoms with Gasteiger partial charge in [0, 0.05) is 43.0 Å². The van der Waals surface area contributed by atoms with Crippen molar-refractivity contribution >= 4 is 34.8 Å². The van der Waals surface area contributed by atoms with E-state index in [1.165, 1.54) is 0 Å². The van der Waals surface area contributed by atoms with Crippen LogP contribution in [0.1, 0.15) is 25.3 Å². The van der Waals surface area contributed by atoms with E-state index in [1.807, 2.05) is 25.1 Å². The Kier molecular flexibility index (Phi) is 5.44. The number of anilines is 3. The summed E-state index contributed by atoms with van der Waals surface area (Å²) in [5.41, 5.74) is 3.44. The Balaban J connectivity index is 1.44. The second-order valence-corrected chi connectivity index (χ2v) is 7.59. The molecule has 1 N–H and O–H groups in total. The van der Waals surface area contributed by atoms with Crippen molar-refractivity contribution in [2.24, 2.45) is 5.92 Å². The predicted octanol–water partition coefficient (Wildman–Crippen LogP) is 2.99. The molecular formula is C23H25N3O4. The van der Waals surface area contributed by atoms with Crippen LogP contribution in [0.5, 0.6) is 5.75 Å². The number of carbonyl (C=O) groups is 3. The third kappa shape index (κ3) is 3.75. The number of carbonyl (C=O) groups excluding carboxylic acids is 3. The second-order valence-electron chi connectivity index (χ2n) is 7.59. The summed E-state index contributed by atoms with van der Waals surface area (Å²) in [7, 11) is 1.59. The SMILES string of the molecule is CCC(=O)N1CCc2cc(N3CC(C(=O)Nc4ccc(OC)cc4)CC3=O)ccc21. The molecule has 2 aromatic rings. The predicted molar refractivity (Wildman–Crippen MR) is 115 cm³/mol. The minimum Gasteiger partial charge on any atom is -0.497 e. The average molecular weight is 407 g/mol. The molecule has 7 nitrogen and oxygen atoms in total. The number of nitrogens with one attached hydrogen (secondary N) is 1. The third-order valence-corrected chi connectivity index (χ3v) is 5.73. The zero-order valence-electron chi connectivity index (χ0n) is 17.2. The first kappa shape index (κ1) is 19.9. The van der Waals surface area contributed by atoms with E-state index in [9.17, 15) is 14.4 Å². The Morgan fingerprint density at radius 3 is 2.63 bits per heavy atom. The zero-order valence-corrected chi connectivity index (χ0v) is 17.2. The summed E-state index contributed by atoms with van der Waals surface area (Å²) in [5.74, 6) is 0.173. The number of hydrogen-bond donors (Lipinski definition) is 1. The first-order valence-electron chi connectivity index (χ1n) is 10.2. The van der Waals surface area contributed by atoms with Gasteiger partial charge in [-0.05, 0) is 54.4 Å². The lowest BCUT2D eigenvalue weighted by molar-refractivity contribution is -0.122. The van der Waals surface area contributed by atoms with E-state index in [1.54, 1.807) is 41.2 Å². The minimum atomic E-state index is -0.411. The van der Waals surface area contributed by atoms with E-state index in [-0.39, 0.29) is 24.1 Å². The third-order valence-electron chi connectivity index (χ3n) is 5.73. The average Bonchev–Trinajstić information content (AvgIpc) is 3.36. The largest absolute Gasteiger partial charge is 0.497 e. The van der Waals surface area contributed by atoms with Crippen molar-refractivity contribution < 1.29 is 19.1 Å². The van der Waals surface area contributed by atoms with Crippen LogP contribution in [0.3, 0.4) is 0 Å². The number of hydrogen-bond acceptors (Lipinski definition) is 4. The number of amides is 3. The maximum Gasteiger partial charge on any atom is 0.229 e. The molecule has 2 aliphatic rings. The summed E-state index contributed by atoms with van der Waals surface area (Å²) in [5, 5.41) is 2.88. The molecule has 1 fully saturated rings. The van der Waals surface area contributed by atoms with E-state index < -0.39 is 5.92 Å². The highest BCUT2D eigenvalue weighted by Gasteiger charge is 2.36. The summed E-state index contributed by atoms with van der Waals surface area (Å²) in [6.45, 7) is 2.87. The van der Waals surface area contributed by atoms with E-state index in [4.69, 9.17) is 4.74 Å². The Morgan fingerprint density at radius 2 is 1.93 bits per heavy atom. The molecule has 30 heavy (non-hydrogen) atoms. The number of ether oxygens (including phenoxy) is 1. The van der Waals surface area contributed by atoms with Crippen molar-refractivity contribution in [3.05, 3.63) is 48.0 Å². The lowest BCUT2D eigenvalue weighted by Gasteiger charge is -2.20. The van der Waals surface area contributed by atoms with E-state index in [0.29, 0.717) is 30.9 Å². The molecule has 0 aliphatic carbocycles. The van der Waals surface area contributed by atoms with Crippen LogP contribution in [0.4, 0.5) is 17.1 Å². The smallest absolute Gasteiger partial charge is 0.229 e. The van der Waals surface area contributed by atoms with Gasteiger partial charge >= 0.3 is 0 Å². The van der Waals surface area contributed by atoms with Gasteiger partial charge in [-0.3, -0.25) is 14.4 Å². The number of methoxy groups -OCH3 is 1. The molecule has 3 amide bonds. The molecular weight excluding hydrogens is 382 g/mol. The summed E-state index contributed by atoms with van der Waals surface area (Å²) >= 11 is 0. The topological polar surface area (TPSA) is 79.0 Å². The van der Waals surface area contributed by atoms with E-state index >= 15 is 0 Å². The molecule has 0 spiro atoms. The Bertz CT molecular complexity index is 986. The molecule has 7 heteroatoms. The van der Waals surface area contributed by atoms with Crippen LogP contribution in [-0.2, 0) is 20.8 Å². The highest BCUT2D eigenvalue weighted by molar-refractivity contribution is 6.04. The molecule has 2 aliphatic heterocycles. The first-order chi connectivity index (χ1) is 14.5. The molecule has 4 rings (SSSR count). The van der Waals surface area contributed by atoms with Crippen LogP contribution in [0.15, 0.2) is 42.5 Å². The van der Waals surface area contributed by atoms with Crippen molar-refractivity contribution in [3.8, 4) is 5.75 Å². The fourth-order valence-electron chi connectivity index (χ4n) is 4.06. The molecule has 0 bridgehead atoms. The number of benzene rings is 2. The normalized spacial score (nSPS) is 17.8. The number of fused-ring (bicyclic) bond motifs is 1. The van der Waals surface area contributed by atoms with Crippen molar-refractivity contribution in [1.29, 1.82) is 0 Å². The monoisotopic (exact) mass is 407 g/mol. The Morgan fingerprint density at radius 1 is 1.17 bits per heavy atom. The molecule has 0 saturated carbocycles. The minimum absolute atomic E-state index is 0.0654. The number of rotatable bonds is 5. The van der Waals surface area contributed by atoms with Gasteiger partial charge in [-0.15, -0.1) is 0 Å². The van der Waals surface area contributed by atoms with Gasteiger partial charge < -0.3 is 19.9 Å². The summed E-state index contributed by atoms with van der Waals surface area (Å²) in [6, 6.07) is 12.8. The standard InChI is InChI=1S/C23H25N3O4/c1-3-21(27)25-11-10-15-12-18(6-9-20(15)25)26-14-16(13-22(26)28)23(29)24-17-4-7-19(30-2)8-5-17/h4-9,12,16H,3,10-11,13-14H2,1-2H3,(H,24,29). The van der Waals surface area contributed by atoms with Gasteiger partial charge in [-0.2, -0.15) is 0 Å². The molecule has 2 aromatic carbocycles. The lowest BCUT2D eigenvalue weighted by atomic mass is 10.1. The van der Waals surface area contributed by atoms with Gasteiger partial charge in [-0.1, -0.05) is 6.92 Å². The molecule has 0 aromatic heterocycles. The highest BCUT2D eigenvalue weighted by Crippen LogP contribution is 2.34. The van der Waals surface area contributed by atoms with Crippen LogP contribution in [0, 0.1) is 5.92 Å². The van der Waals surface area contributed by atoms with Gasteiger partial charge in [0.2, 0.25) is 17.7 Å². The quantitative estimate of drug-likeness (QED) is 0.827. The van der Waals surface area contributed by atoms with Crippen molar-refractivity contribution in [2.75, 3.05) is 35.3 Å². The maximum atomic E-state index is 12.7. The van der Waals surface area contributed by atoms with Gasteiger partial charge in [0.15, 0.2) is 0 Å². The van der Waals surface area contributed by atoms with Gasteiger partial charge in [0.05, 0.1) is 13.0 Å². The van der Waals surface area contributed by atoms with E-state index in [0.717, 1.165) is 23.4 Å². The summed E-state index contributed by atoms with van der Waals surface area (Å²) in [4.78, 5) is 40.8. The molecule has 2 heterocycles. The van der Waals surface area contributed by atoms with Crippen LogP contribution in [-0.4, -0.2) is 37.9 Å². The molecule has 156 valence electrons. The number of nitrogens with zero attached hydrogens (tertiary/aromatic N) is 2. The second kappa shape index (κ2) is 8.18. The van der Waals surface area contributed by atoms with Crippen LogP contribution >= 0.6 is 0 Å². The molecule has 1 saturated heterocycles. The maximum absolute atomic E-state index is 12.7. The van der Waals surface area contributed by atoms with Crippen LogP contribution in [0.25, 0.3) is 0 Å². The van der Waals surface area contributed by atoms with Crippen molar-refractivity contribution in [1.82, 2.24) is 0 Å². The Hall–Kier alpha value is -3.35.